The van der Waals surface area contributed by atoms with Crippen molar-refractivity contribution in [3.63, 3.8) is 0 Å². The van der Waals surface area contributed by atoms with Crippen LogP contribution in [0.25, 0.3) is 10.9 Å². The molecular weight excluding hydrogens is 331 g/mol. The van der Waals surface area contributed by atoms with Gasteiger partial charge in [-0.3, -0.25) is 4.98 Å². The minimum Gasteiger partial charge on any atom is -0.396 e. The molecule has 0 aliphatic rings. The molecule has 0 saturated heterocycles. The number of nitrogen functional groups attached to an aromatic ring is 1. The third kappa shape index (κ3) is 1.51. The molecule has 0 unspecified atom stereocenters. The summed E-state index contributed by atoms with van der Waals surface area (Å²) in [5.41, 5.74) is 6.96. The maximum absolute atomic E-state index is 6.09. The third-order valence-corrected chi connectivity index (χ3v) is 3.59. The van der Waals surface area contributed by atoms with E-state index in [1.54, 1.807) is 6.20 Å². The molecule has 0 fully saturated rings. The fourth-order valence-corrected chi connectivity index (χ4v) is 2.52. The number of hydrogen-bond acceptors (Lipinski definition) is 2. The Morgan fingerprint density at radius 1 is 1.21 bits per heavy atom. The molecule has 1 aromatic carbocycles. The lowest BCUT2D eigenvalue weighted by Gasteiger charge is -2.06. The van der Waals surface area contributed by atoms with Crippen molar-refractivity contribution in [2.75, 3.05) is 5.73 Å². The molecule has 0 radical (unpaired) electrons. The summed E-state index contributed by atoms with van der Waals surface area (Å²) in [5.74, 6) is 0. The number of hydrogen-bond donors (Lipinski definition) is 1. The van der Waals surface area contributed by atoms with Crippen LogP contribution < -0.4 is 5.73 Å². The van der Waals surface area contributed by atoms with Crippen molar-refractivity contribution in [1.82, 2.24) is 4.98 Å². The summed E-state index contributed by atoms with van der Waals surface area (Å²) in [7, 11) is 0. The number of aromatic nitrogens is 1. The van der Waals surface area contributed by atoms with Gasteiger partial charge in [-0.25, -0.2) is 0 Å². The summed E-state index contributed by atoms with van der Waals surface area (Å²) < 4.78 is 1.79. The lowest BCUT2D eigenvalue weighted by molar-refractivity contribution is 1.40. The SMILES string of the molecule is Nc1cnc2c(Br)ccc(Br)c2c1Cl. The van der Waals surface area contributed by atoms with Crippen molar-refractivity contribution >= 4 is 60.1 Å². The molecule has 0 aliphatic carbocycles. The molecule has 5 heteroatoms. The van der Waals surface area contributed by atoms with Crippen LogP contribution in [0.1, 0.15) is 0 Å². The van der Waals surface area contributed by atoms with Crippen molar-refractivity contribution in [2.45, 2.75) is 0 Å². The Morgan fingerprint density at radius 3 is 2.57 bits per heavy atom. The zero-order valence-corrected chi connectivity index (χ0v) is 10.8. The topological polar surface area (TPSA) is 38.9 Å². The molecule has 0 amide bonds. The van der Waals surface area contributed by atoms with Gasteiger partial charge in [-0.2, -0.15) is 0 Å². The van der Waals surface area contributed by atoms with Gasteiger partial charge in [0.2, 0.25) is 0 Å². The molecule has 2 N–H and O–H groups in total. The number of anilines is 1. The van der Waals surface area contributed by atoms with Crippen LogP contribution in [-0.2, 0) is 0 Å². The first-order valence-corrected chi connectivity index (χ1v) is 5.75. The minimum absolute atomic E-state index is 0.484. The molecule has 1 heterocycles. The number of benzene rings is 1. The predicted octanol–water partition coefficient (Wildman–Crippen LogP) is 4.00. The van der Waals surface area contributed by atoms with E-state index in [4.69, 9.17) is 17.3 Å². The lowest BCUT2D eigenvalue weighted by Crippen LogP contribution is -1.91. The molecule has 1 aromatic heterocycles. The van der Waals surface area contributed by atoms with E-state index in [1.165, 1.54) is 0 Å². The Hall–Kier alpha value is -0.320. The van der Waals surface area contributed by atoms with Gasteiger partial charge < -0.3 is 5.73 Å². The van der Waals surface area contributed by atoms with Gasteiger partial charge in [-0.15, -0.1) is 0 Å². The second-order valence-corrected chi connectivity index (χ2v) is 4.87. The second-order valence-electron chi connectivity index (χ2n) is 2.78. The number of fused-ring (bicyclic) bond motifs is 1. The maximum Gasteiger partial charge on any atom is 0.0871 e. The van der Waals surface area contributed by atoms with Crippen molar-refractivity contribution in [3.05, 3.63) is 32.3 Å². The van der Waals surface area contributed by atoms with Crippen LogP contribution in [0.4, 0.5) is 5.69 Å². The Labute approximate surface area is 103 Å². The normalized spacial score (nSPS) is 10.8. The summed E-state index contributed by atoms with van der Waals surface area (Å²) in [6, 6.07) is 3.81. The quantitative estimate of drug-likeness (QED) is 0.790. The van der Waals surface area contributed by atoms with E-state index in [1.807, 2.05) is 12.1 Å². The van der Waals surface area contributed by atoms with E-state index in [2.05, 4.69) is 36.8 Å². The first-order valence-electron chi connectivity index (χ1n) is 3.79. The zero-order valence-electron chi connectivity index (χ0n) is 6.89. The number of pyridine rings is 1. The first-order chi connectivity index (χ1) is 6.61. The van der Waals surface area contributed by atoms with Crippen LogP contribution in [0.15, 0.2) is 27.3 Å². The van der Waals surface area contributed by atoms with Gasteiger partial charge in [0.15, 0.2) is 0 Å². The predicted molar refractivity (Wildman–Crippen MR) is 66.6 cm³/mol. The molecule has 2 nitrogen and oxygen atoms in total. The second kappa shape index (κ2) is 3.68. The van der Waals surface area contributed by atoms with Gasteiger partial charge in [0.1, 0.15) is 0 Å². The Balaban J connectivity index is 3.01. The smallest absolute Gasteiger partial charge is 0.0871 e. The fourth-order valence-electron chi connectivity index (χ4n) is 1.21. The number of rotatable bonds is 0. The molecule has 0 bridgehead atoms. The highest BCUT2D eigenvalue weighted by Crippen LogP contribution is 2.36. The minimum atomic E-state index is 0.484. The summed E-state index contributed by atoms with van der Waals surface area (Å²) in [5, 5.41) is 1.37. The van der Waals surface area contributed by atoms with Crippen molar-refractivity contribution in [2.24, 2.45) is 0 Å². The van der Waals surface area contributed by atoms with Crippen molar-refractivity contribution < 1.29 is 0 Å². The summed E-state index contributed by atoms with van der Waals surface area (Å²) in [6.45, 7) is 0. The third-order valence-electron chi connectivity index (χ3n) is 1.88. The molecule has 2 rings (SSSR count). The van der Waals surface area contributed by atoms with Gasteiger partial charge in [0.05, 0.1) is 22.4 Å². The van der Waals surface area contributed by atoms with Crippen LogP contribution in [0, 0.1) is 0 Å². The van der Waals surface area contributed by atoms with E-state index in [-0.39, 0.29) is 0 Å². The molecule has 0 aliphatic heterocycles. The van der Waals surface area contributed by atoms with Crippen LogP contribution >= 0.6 is 43.5 Å². The van der Waals surface area contributed by atoms with Crippen molar-refractivity contribution in [1.29, 1.82) is 0 Å². The van der Waals surface area contributed by atoms with E-state index in [0.29, 0.717) is 10.7 Å². The van der Waals surface area contributed by atoms with Crippen LogP contribution in [0.3, 0.4) is 0 Å². The highest BCUT2D eigenvalue weighted by atomic mass is 79.9. The van der Waals surface area contributed by atoms with Crippen molar-refractivity contribution in [3.8, 4) is 0 Å². The van der Waals surface area contributed by atoms with Gasteiger partial charge in [-0.1, -0.05) is 27.5 Å². The van der Waals surface area contributed by atoms with Gasteiger partial charge in [0, 0.05) is 14.3 Å². The summed E-state index contributed by atoms with van der Waals surface area (Å²) >= 11 is 12.9. The van der Waals surface area contributed by atoms with Crippen LogP contribution in [-0.4, -0.2) is 4.98 Å². The Kier molecular flexibility index (Phi) is 2.68. The fraction of sp³-hybridized carbons (Fsp3) is 0. The number of halogens is 3. The number of nitrogens with zero attached hydrogens (tertiary/aromatic N) is 1. The summed E-state index contributed by atoms with van der Waals surface area (Å²) in [6.07, 6.45) is 1.56. The maximum atomic E-state index is 6.09. The monoisotopic (exact) mass is 334 g/mol. The largest absolute Gasteiger partial charge is 0.396 e. The van der Waals surface area contributed by atoms with Crippen LogP contribution in [0.2, 0.25) is 5.02 Å². The van der Waals surface area contributed by atoms with E-state index < -0.39 is 0 Å². The molecule has 0 atom stereocenters. The lowest BCUT2D eigenvalue weighted by atomic mass is 10.2. The molecule has 0 spiro atoms. The van der Waals surface area contributed by atoms with Gasteiger partial charge in [-0.05, 0) is 28.1 Å². The molecule has 2 aromatic rings. The highest BCUT2D eigenvalue weighted by molar-refractivity contribution is 9.11. The van der Waals surface area contributed by atoms with E-state index in [9.17, 15) is 0 Å². The Bertz CT molecular complexity index is 514. The van der Waals surface area contributed by atoms with Crippen LogP contribution in [0.5, 0.6) is 0 Å². The van der Waals surface area contributed by atoms with Gasteiger partial charge in [0.25, 0.3) is 0 Å². The Morgan fingerprint density at radius 2 is 1.86 bits per heavy atom. The average Bonchev–Trinajstić information content (AvgIpc) is 2.16. The molecular formula is C9H5Br2ClN2. The summed E-state index contributed by atoms with van der Waals surface area (Å²) in [4.78, 5) is 4.22. The number of nitrogens with two attached hydrogens (primary N) is 1. The molecule has 0 saturated carbocycles. The first kappa shape index (κ1) is 10.2. The van der Waals surface area contributed by atoms with E-state index in [0.717, 1.165) is 19.8 Å². The van der Waals surface area contributed by atoms with E-state index >= 15 is 0 Å². The zero-order chi connectivity index (χ0) is 10.3. The average molecular weight is 336 g/mol. The standard InChI is InChI=1S/C9H5Br2ClN2/c10-4-1-2-5(11)9-7(4)8(12)6(13)3-14-9/h1-3H,13H2. The molecule has 72 valence electrons. The molecule has 14 heavy (non-hydrogen) atoms. The van der Waals surface area contributed by atoms with Gasteiger partial charge >= 0.3 is 0 Å². The highest BCUT2D eigenvalue weighted by Gasteiger charge is 2.09.